The van der Waals surface area contributed by atoms with Crippen molar-refractivity contribution in [1.82, 2.24) is 0 Å². The third-order valence-corrected chi connectivity index (χ3v) is 2.46. The average molecular weight is 199 g/mol. The first-order chi connectivity index (χ1) is 4.64. The number of nitrogens with zero attached hydrogens (tertiary/aromatic N) is 1. The molecule has 0 spiro atoms. The molecule has 1 aliphatic rings. The highest BCUT2D eigenvalue weighted by molar-refractivity contribution is 6.06. The molecule has 0 saturated carbocycles. The van der Waals surface area contributed by atoms with E-state index in [4.69, 9.17) is 11.8 Å². The summed E-state index contributed by atoms with van der Waals surface area (Å²) in [5, 5.41) is 0. The second-order valence-electron chi connectivity index (χ2n) is 3.18. The molecule has 2 nitrogen and oxygen atoms in total. The smallest absolute Gasteiger partial charge is 0.165 e. The number of carbonyl (C=O) groups excluding carboxylic acids is 1. The topological polar surface area (TPSA) is 17.1 Å². The number of piperidine rings is 1. The molecule has 0 aromatic carbocycles. The van der Waals surface area contributed by atoms with Gasteiger partial charge in [0, 0.05) is 18.8 Å². The van der Waals surface area contributed by atoms with Crippen LogP contribution >= 0.6 is 24.2 Å². The second kappa shape index (κ2) is 4.29. The molecule has 4 heteroatoms. The third-order valence-electron chi connectivity index (χ3n) is 2.12. The van der Waals surface area contributed by atoms with E-state index in [9.17, 15) is 4.79 Å². The first-order valence-electron chi connectivity index (χ1n) is 3.63. The van der Waals surface area contributed by atoms with Crippen molar-refractivity contribution in [2.45, 2.75) is 12.8 Å². The van der Waals surface area contributed by atoms with Gasteiger partial charge in [0.2, 0.25) is 0 Å². The zero-order valence-electron chi connectivity index (χ0n) is 6.62. The molecule has 0 aromatic rings. The fraction of sp³-hybridized carbons (Fsp3) is 0.857. The van der Waals surface area contributed by atoms with Crippen LogP contribution in [0.5, 0.6) is 0 Å². The van der Waals surface area contributed by atoms with Gasteiger partial charge in [0.05, 0.1) is 20.1 Å². The van der Waals surface area contributed by atoms with Crippen molar-refractivity contribution in [3.8, 4) is 0 Å². The lowest BCUT2D eigenvalue weighted by molar-refractivity contribution is -0.800. The summed E-state index contributed by atoms with van der Waals surface area (Å²) in [6, 6.07) is 0. The lowest BCUT2D eigenvalue weighted by Crippen LogP contribution is -2.41. The monoisotopic (exact) mass is 198 g/mol. The van der Waals surface area contributed by atoms with Gasteiger partial charge >= 0.3 is 0 Å². The molecule has 1 heterocycles. The fourth-order valence-electron chi connectivity index (χ4n) is 1.26. The van der Waals surface area contributed by atoms with Crippen molar-refractivity contribution in [1.29, 1.82) is 0 Å². The summed E-state index contributed by atoms with van der Waals surface area (Å²) in [5.74, 6) is 0.268. The Hall–Kier alpha value is 0.210. The van der Waals surface area contributed by atoms with E-state index in [1.807, 2.05) is 7.05 Å². The van der Waals surface area contributed by atoms with Gasteiger partial charge in [0.1, 0.15) is 6.29 Å². The Bertz CT molecular complexity index is 128. The van der Waals surface area contributed by atoms with Crippen LogP contribution < -0.4 is 0 Å². The van der Waals surface area contributed by atoms with Gasteiger partial charge in [0.15, 0.2) is 11.8 Å². The van der Waals surface area contributed by atoms with Crippen molar-refractivity contribution in [2.24, 2.45) is 5.92 Å². The standard InChI is InChI=1S/C7H13ClNO.ClH/c1-9(8)4-2-7(6-10)3-5-9;/h6-7H,2-5H2,1H3;1H/q+1;. The van der Waals surface area contributed by atoms with Crippen LogP contribution in [0.2, 0.25) is 0 Å². The molecular formula is C7H14Cl2NO+. The van der Waals surface area contributed by atoms with Crippen molar-refractivity contribution >= 4 is 30.5 Å². The average Bonchev–Trinajstić information content (AvgIpc) is 1.88. The van der Waals surface area contributed by atoms with E-state index < -0.39 is 0 Å². The van der Waals surface area contributed by atoms with Crippen LogP contribution in [0.1, 0.15) is 12.8 Å². The van der Waals surface area contributed by atoms with Crippen molar-refractivity contribution in [3.05, 3.63) is 0 Å². The summed E-state index contributed by atoms with van der Waals surface area (Å²) < 4.78 is 0.560. The van der Waals surface area contributed by atoms with E-state index in [0.29, 0.717) is 4.00 Å². The van der Waals surface area contributed by atoms with Crippen LogP contribution in [0, 0.1) is 5.92 Å². The number of hydrogen-bond donors (Lipinski definition) is 0. The quantitative estimate of drug-likeness (QED) is 0.463. The van der Waals surface area contributed by atoms with Crippen molar-refractivity contribution < 1.29 is 8.80 Å². The molecule has 0 radical (unpaired) electrons. The highest BCUT2D eigenvalue weighted by Crippen LogP contribution is 2.22. The minimum absolute atomic E-state index is 0. The predicted octanol–water partition coefficient (Wildman–Crippen LogP) is 1.62. The summed E-state index contributed by atoms with van der Waals surface area (Å²) >= 11 is 6.02. The van der Waals surface area contributed by atoms with Gasteiger partial charge in [-0.2, -0.15) is 0 Å². The largest absolute Gasteiger partial charge is 0.303 e. The van der Waals surface area contributed by atoms with E-state index in [1.165, 1.54) is 0 Å². The molecule has 0 amide bonds. The van der Waals surface area contributed by atoms with E-state index in [1.54, 1.807) is 0 Å². The summed E-state index contributed by atoms with van der Waals surface area (Å²) in [6.45, 7) is 1.84. The molecule has 11 heavy (non-hydrogen) atoms. The molecule has 0 unspecified atom stereocenters. The highest BCUT2D eigenvalue weighted by Gasteiger charge is 2.28. The first kappa shape index (κ1) is 11.2. The van der Waals surface area contributed by atoms with Gasteiger partial charge in [-0.3, -0.25) is 0 Å². The third kappa shape index (κ3) is 3.41. The molecular weight excluding hydrogens is 185 g/mol. The summed E-state index contributed by atoms with van der Waals surface area (Å²) in [4.78, 5) is 10.3. The molecule has 0 atom stereocenters. The number of halogens is 2. The number of quaternary nitrogens is 1. The first-order valence-corrected chi connectivity index (χ1v) is 3.97. The minimum Gasteiger partial charge on any atom is -0.303 e. The zero-order valence-corrected chi connectivity index (χ0v) is 8.20. The maximum absolute atomic E-state index is 10.3. The van der Waals surface area contributed by atoms with Gasteiger partial charge in [-0.25, -0.2) is 4.00 Å². The Morgan fingerprint density at radius 3 is 2.27 bits per heavy atom. The van der Waals surface area contributed by atoms with Crippen LogP contribution in [0.15, 0.2) is 0 Å². The normalized spacial score (nSPS) is 37.5. The van der Waals surface area contributed by atoms with Gasteiger partial charge < -0.3 is 4.79 Å². The maximum Gasteiger partial charge on any atom is 0.165 e. The predicted molar refractivity (Wildman–Crippen MR) is 47.8 cm³/mol. The van der Waals surface area contributed by atoms with Crippen molar-refractivity contribution in [3.63, 3.8) is 0 Å². The Kier molecular flexibility index (Phi) is 4.37. The number of carbonyl (C=O) groups is 1. The highest BCUT2D eigenvalue weighted by atomic mass is 35.5. The van der Waals surface area contributed by atoms with Gasteiger partial charge in [-0.15, -0.1) is 12.4 Å². The Morgan fingerprint density at radius 1 is 1.45 bits per heavy atom. The lowest BCUT2D eigenvalue weighted by atomic mass is 9.99. The summed E-state index contributed by atoms with van der Waals surface area (Å²) in [6.07, 6.45) is 2.95. The lowest BCUT2D eigenvalue weighted by Gasteiger charge is -2.30. The Labute approximate surface area is 78.6 Å². The molecule has 0 N–H and O–H groups in total. The number of hydrogen-bond acceptors (Lipinski definition) is 1. The number of rotatable bonds is 1. The molecule has 1 saturated heterocycles. The number of likely N-dealkylation sites (tertiary alicyclic amines) is 1. The molecule has 66 valence electrons. The van der Waals surface area contributed by atoms with E-state index in [2.05, 4.69) is 0 Å². The molecule has 1 aliphatic heterocycles. The van der Waals surface area contributed by atoms with Crippen LogP contribution in [0.4, 0.5) is 0 Å². The summed E-state index contributed by atoms with van der Waals surface area (Å²) in [7, 11) is 1.99. The van der Waals surface area contributed by atoms with Gasteiger partial charge in [-0.05, 0) is 0 Å². The van der Waals surface area contributed by atoms with E-state index >= 15 is 0 Å². The summed E-state index contributed by atoms with van der Waals surface area (Å²) in [5.41, 5.74) is 0. The molecule has 1 fully saturated rings. The van der Waals surface area contributed by atoms with Crippen molar-refractivity contribution in [2.75, 3.05) is 20.1 Å². The van der Waals surface area contributed by atoms with Crippen LogP contribution in [0.25, 0.3) is 0 Å². The van der Waals surface area contributed by atoms with Crippen LogP contribution in [-0.4, -0.2) is 30.4 Å². The van der Waals surface area contributed by atoms with Crippen LogP contribution in [-0.2, 0) is 4.79 Å². The van der Waals surface area contributed by atoms with Gasteiger partial charge in [0.25, 0.3) is 0 Å². The van der Waals surface area contributed by atoms with E-state index in [0.717, 1.165) is 32.2 Å². The molecule has 0 aliphatic carbocycles. The molecule has 0 aromatic heterocycles. The van der Waals surface area contributed by atoms with E-state index in [-0.39, 0.29) is 18.3 Å². The zero-order chi connectivity index (χ0) is 7.61. The fourth-order valence-corrected chi connectivity index (χ4v) is 1.46. The Morgan fingerprint density at radius 2 is 1.91 bits per heavy atom. The van der Waals surface area contributed by atoms with Gasteiger partial charge in [-0.1, -0.05) is 0 Å². The Balaban J connectivity index is 0.000001000. The SMILES string of the molecule is C[N+]1(Cl)CCC(C=O)CC1.Cl. The molecule has 1 rings (SSSR count). The van der Waals surface area contributed by atoms with Crippen LogP contribution in [0.3, 0.4) is 0 Å². The molecule has 0 bridgehead atoms. The second-order valence-corrected chi connectivity index (χ2v) is 4.00. The minimum atomic E-state index is 0. The number of aldehydes is 1. The maximum atomic E-state index is 10.3.